The zero-order valence-corrected chi connectivity index (χ0v) is 9.48. The second kappa shape index (κ2) is 6.83. The number of unbranched alkanes of at least 4 members (excludes halogenated alkanes) is 1. The molecule has 1 N–H and O–H groups in total. The number of carboxylic acids is 1. The van der Waals surface area contributed by atoms with E-state index in [1.807, 2.05) is 18.2 Å². The van der Waals surface area contributed by atoms with E-state index in [1.54, 1.807) is 0 Å². The van der Waals surface area contributed by atoms with Crippen molar-refractivity contribution in [3.8, 4) is 0 Å². The first-order valence-electron chi connectivity index (χ1n) is 5.61. The highest BCUT2D eigenvalue weighted by atomic mass is 16.4. The Labute approximate surface area is 96.6 Å². The van der Waals surface area contributed by atoms with Crippen molar-refractivity contribution in [2.75, 3.05) is 0 Å². The van der Waals surface area contributed by atoms with Crippen molar-refractivity contribution >= 4 is 5.97 Å². The zero-order chi connectivity index (χ0) is 11.8. The van der Waals surface area contributed by atoms with Gasteiger partial charge in [-0.25, -0.2) is 0 Å². The molecule has 0 aliphatic heterocycles. The minimum atomic E-state index is -0.714. The summed E-state index contributed by atoms with van der Waals surface area (Å²) < 4.78 is 0. The summed E-state index contributed by atoms with van der Waals surface area (Å²) in [4.78, 5) is 10.3. The third-order valence-electron chi connectivity index (χ3n) is 2.47. The van der Waals surface area contributed by atoms with Crippen LogP contribution in [0, 0.1) is 0 Å². The van der Waals surface area contributed by atoms with E-state index in [-0.39, 0.29) is 6.42 Å². The lowest BCUT2D eigenvalue weighted by Gasteiger charge is -2.05. The molecule has 0 saturated carbocycles. The van der Waals surface area contributed by atoms with Crippen LogP contribution < -0.4 is 0 Å². The first-order chi connectivity index (χ1) is 7.68. The van der Waals surface area contributed by atoms with Gasteiger partial charge >= 0.3 is 5.97 Å². The highest BCUT2D eigenvalue weighted by Crippen LogP contribution is 2.13. The van der Waals surface area contributed by atoms with E-state index in [2.05, 4.69) is 18.7 Å². The number of hydrogen-bond donors (Lipinski definition) is 1. The number of carboxylic acid groups (broad SMARTS) is 1. The molecule has 0 fully saturated rings. The zero-order valence-electron chi connectivity index (χ0n) is 9.48. The minimum Gasteiger partial charge on any atom is -0.481 e. The van der Waals surface area contributed by atoms with E-state index in [4.69, 9.17) is 5.11 Å². The number of aliphatic carboxylic acids is 1. The van der Waals surface area contributed by atoms with Gasteiger partial charge in [0.15, 0.2) is 0 Å². The highest BCUT2D eigenvalue weighted by molar-refractivity contribution is 5.66. The minimum absolute atomic E-state index is 0.263. The first kappa shape index (κ1) is 12.5. The van der Waals surface area contributed by atoms with Gasteiger partial charge < -0.3 is 5.11 Å². The van der Waals surface area contributed by atoms with Gasteiger partial charge in [-0.15, -0.1) is 0 Å². The number of benzene rings is 1. The van der Waals surface area contributed by atoms with Crippen LogP contribution >= 0.6 is 0 Å². The summed E-state index contributed by atoms with van der Waals surface area (Å²) in [5.74, 6) is -0.714. The van der Waals surface area contributed by atoms with Gasteiger partial charge in [0, 0.05) is 6.42 Å². The normalized spacial score (nSPS) is 10.0. The maximum absolute atomic E-state index is 10.3. The predicted octanol–water partition coefficient (Wildman–Crippen LogP) is 3.43. The van der Waals surface area contributed by atoms with E-state index in [0.29, 0.717) is 0 Å². The Bertz CT molecular complexity index is 341. The number of allylic oxidation sites excluding steroid dienone is 1. The molecule has 0 aliphatic rings. The lowest BCUT2D eigenvalue weighted by molar-refractivity contribution is -0.137. The van der Waals surface area contributed by atoms with E-state index in [0.717, 1.165) is 25.7 Å². The summed E-state index contributed by atoms with van der Waals surface area (Å²) >= 11 is 0. The Hall–Kier alpha value is -1.57. The van der Waals surface area contributed by atoms with Crippen LogP contribution in [0.25, 0.3) is 0 Å². The molecule has 0 aliphatic carbocycles. The SMILES string of the molecule is C=C(CCCCC(=O)O)Cc1ccccc1. The van der Waals surface area contributed by atoms with Gasteiger partial charge in [0.1, 0.15) is 0 Å². The average molecular weight is 218 g/mol. The quantitative estimate of drug-likeness (QED) is 0.562. The van der Waals surface area contributed by atoms with Crippen molar-refractivity contribution in [1.82, 2.24) is 0 Å². The van der Waals surface area contributed by atoms with Crippen molar-refractivity contribution < 1.29 is 9.90 Å². The van der Waals surface area contributed by atoms with Gasteiger partial charge in [-0.3, -0.25) is 4.79 Å². The predicted molar refractivity (Wildman–Crippen MR) is 65.4 cm³/mol. The molecule has 1 rings (SSSR count). The molecule has 0 atom stereocenters. The van der Waals surface area contributed by atoms with Crippen LogP contribution in [-0.2, 0) is 11.2 Å². The van der Waals surface area contributed by atoms with Crippen LogP contribution in [0.2, 0.25) is 0 Å². The Kier molecular flexibility index (Phi) is 5.34. The second-order valence-corrected chi connectivity index (χ2v) is 4.01. The summed E-state index contributed by atoms with van der Waals surface area (Å²) in [7, 11) is 0. The summed E-state index contributed by atoms with van der Waals surface area (Å²) in [6.45, 7) is 4.02. The molecule has 0 heterocycles. The standard InChI is InChI=1S/C14H18O2/c1-12(7-5-6-10-14(15)16)11-13-8-3-2-4-9-13/h2-4,8-9H,1,5-7,10-11H2,(H,15,16). The van der Waals surface area contributed by atoms with Gasteiger partial charge in [-0.2, -0.15) is 0 Å². The van der Waals surface area contributed by atoms with Gasteiger partial charge in [-0.1, -0.05) is 42.5 Å². The number of hydrogen-bond acceptors (Lipinski definition) is 1. The highest BCUT2D eigenvalue weighted by Gasteiger charge is 1.99. The van der Waals surface area contributed by atoms with Crippen molar-refractivity contribution in [3.63, 3.8) is 0 Å². The maximum Gasteiger partial charge on any atom is 0.303 e. The lowest BCUT2D eigenvalue weighted by Crippen LogP contribution is -1.95. The van der Waals surface area contributed by atoms with Crippen molar-refractivity contribution in [2.45, 2.75) is 32.1 Å². The Morgan fingerprint density at radius 2 is 1.75 bits per heavy atom. The van der Waals surface area contributed by atoms with E-state index in [9.17, 15) is 4.79 Å². The van der Waals surface area contributed by atoms with Crippen LogP contribution in [0.5, 0.6) is 0 Å². The van der Waals surface area contributed by atoms with Crippen molar-refractivity contribution in [2.24, 2.45) is 0 Å². The Morgan fingerprint density at radius 3 is 2.38 bits per heavy atom. The summed E-state index contributed by atoms with van der Waals surface area (Å²) in [6, 6.07) is 10.2. The molecule has 2 nitrogen and oxygen atoms in total. The third kappa shape index (κ3) is 5.35. The van der Waals surface area contributed by atoms with Crippen molar-refractivity contribution in [3.05, 3.63) is 48.0 Å². The van der Waals surface area contributed by atoms with Crippen LogP contribution in [0.1, 0.15) is 31.2 Å². The summed E-state index contributed by atoms with van der Waals surface area (Å²) in [5, 5.41) is 8.49. The Morgan fingerprint density at radius 1 is 1.12 bits per heavy atom. The first-order valence-corrected chi connectivity index (χ1v) is 5.61. The molecule has 0 unspecified atom stereocenters. The van der Waals surface area contributed by atoms with Gasteiger partial charge in [0.2, 0.25) is 0 Å². The Balaban J connectivity index is 2.19. The lowest BCUT2D eigenvalue weighted by atomic mass is 10.0. The summed E-state index contributed by atoms with van der Waals surface area (Å²) in [6.07, 6.45) is 3.73. The fourth-order valence-electron chi connectivity index (χ4n) is 1.62. The van der Waals surface area contributed by atoms with Gasteiger partial charge in [0.25, 0.3) is 0 Å². The molecular formula is C14H18O2. The molecule has 0 bridgehead atoms. The molecule has 1 aromatic carbocycles. The summed E-state index contributed by atoms with van der Waals surface area (Å²) in [5.41, 5.74) is 2.45. The molecular weight excluding hydrogens is 200 g/mol. The average Bonchev–Trinajstić information content (AvgIpc) is 2.25. The molecule has 0 aromatic heterocycles. The largest absolute Gasteiger partial charge is 0.481 e. The third-order valence-corrected chi connectivity index (χ3v) is 2.47. The maximum atomic E-state index is 10.3. The van der Waals surface area contributed by atoms with Crippen molar-refractivity contribution in [1.29, 1.82) is 0 Å². The van der Waals surface area contributed by atoms with E-state index in [1.165, 1.54) is 11.1 Å². The van der Waals surface area contributed by atoms with Gasteiger partial charge in [-0.05, 0) is 31.2 Å². The smallest absolute Gasteiger partial charge is 0.303 e. The van der Waals surface area contributed by atoms with E-state index < -0.39 is 5.97 Å². The molecule has 16 heavy (non-hydrogen) atoms. The fourth-order valence-corrected chi connectivity index (χ4v) is 1.62. The monoisotopic (exact) mass is 218 g/mol. The molecule has 86 valence electrons. The number of carbonyl (C=O) groups is 1. The van der Waals surface area contributed by atoms with E-state index >= 15 is 0 Å². The van der Waals surface area contributed by atoms with Gasteiger partial charge in [0.05, 0.1) is 0 Å². The molecule has 0 spiro atoms. The topological polar surface area (TPSA) is 37.3 Å². The van der Waals surface area contributed by atoms with Crippen LogP contribution in [0.3, 0.4) is 0 Å². The van der Waals surface area contributed by atoms with Crippen LogP contribution in [0.4, 0.5) is 0 Å². The molecule has 1 aromatic rings. The van der Waals surface area contributed by atoms with Crippen LogP contribution in [-0.4, -0.2) is 11.1 Å². The molecule has 0 radical (unpaired) electrons. The fraction of sp³-hybridized carbons (Fsp3) is 0.357. The second-order valence-electron chi connectivity index (χ2n) is 4.01. The number of rotatable bonds is 7. The molecule has 2 heteroatoms. The molecule has 0 saturated heterocycles. The molecule has 0 amide bonds. The van der Waals surface area contributed by atoms with Crippen LogP contribution in [0.15, 0.2) is 42.5 Å².